The highest BCUT2D eigenvalue weighted by Gasteiger charge is 2.25. The summed E-state index contributed by atoms with van der Waals surface area (Å²) in [5.74, 6) is 0.552. The van der Waals surface area contributed by atoms with Gasteiger partial charge < -0.3 is 14.1 Å². The molecule has 122 valence electrons. The lowest BCUT2D eigenvalue weighted by Crippen LogP contribution is -2.45. The van der Waals surface area contributed by atoms with Crippen molar-refractivity contribution in [1.82, 2.24) is 4.90 Å². The maximum atomic E-state index is 12.4. The van der Waals surface area contributed by atoms with Gasteiger partial charge in [0.2, 0.25) is 0 Å². The third-order valence-corrected chi connectivity index (χ3v) is 4.38. The second-order valence-electron chi connectivity index (χ2n) is 5.89. The van der Waals surface area contributed by atoms with Crippen LogP contribution in [-0.4, -0.2) is 30.0 Å². The number of likely N-dealkylation sites (tertiary alicyclic amines) is 1. The van der Waals surface area contributed by atoms with E-state index >= 15 is 0 Å². The first-order valence-electron chi connectivity index (χ1n) is 8.13. The van der Waals surface area contributed by atoms with Crippen molar-refractivity contribution in [2.75, 3.05) is 13.2 Å². The summed E-state index contributed by atoms with van der Waals surface area (Å²) in [5.41, 5.74) is 0.0664. The molecule has 1 fully saturated rings. The van der Waals surface area contributed by atoms with E-state index in [9.17, 15) is 9.59 Å². The molecule has 1 saturated heterocycles. The van der Waals surface area contributed by atoms with Gasteiger partial charge in [0.05, 0.1) is 0 Å². The summed E-state index contributed by atoms with van der Waals surface area (Å²) in [4.78, 5) is 25.6. The molecule has 1 aromatic carbocycles. The molecule has 2 heterocycles. The van der Waals surface area contributed by atoms with E-state index in [4.69, 9.17) is 9.15 Å². The standard InChI is InChI=1S/C18H21NO4/c1-2-14-5-3-4-10-19(14)17(20)12-22-15-8-6-13-7-9-18(21)23-16(13)11-15/h6-9,11,14H,2-5,10,12H2,1H3/t14-/m0/s1. The normalized spacial score (nSPS) is 18.1. The van der Waals surface area contributed by atoms with E-state index in [0.29, 0.717) is 17.4 Å². The largest absolute Gasteiger partial charge is 0.484 e. The van der Waals surface area contributed by atoms with Gasteiger partial charge in [0.1, 0.15) is 11.3 Å². The second-order valence-corrected chi connectivity index (χ2v) is 5.89. The molecule has 3 rings (SSSR count). The summed E-state index contributed by atoms with van der Waals surface area (Å²) in [6.07, 6.45) is 4.30. The molecule has 1 aliphatic heterocycles. The highest BCUT2D eigenvalue weighted by Crippen LogP contribution is 2.21. The smallest absolute Gasteiger partial charge is 0.336 e. The van der Waals surface area contributed by atoms with Gasteiger partial charge in [-0.1, -0.05) is 6.92 Å². The Morgan fingerprint density at radius 2 is 2.13 bits per heavy atom. The summed E-state index contributed by atoms with van der Waals surface area (Å²) in [5, 5.41) is 0.824. The maximum absolute atomic E-state index is 12.4. The highest BCUT2D eigenvalue weighted by molar-refractivity contribution is 5.79. The molecule has 5 heteroatoms. The number of fused-ring (bicyclic) bond motifs is 1. The fourth-order valence-corrected chi connectivity index (χ4v) is 3.11. The van der Waals surface area contributed by atoms with E-state index in [-0.39, 0.29) is 12.5 Å². The Morgan fingerprint density at radius 1 is 1.30 bits per heavy atom. The van der Waals surface area contributed by atoms with Crippen LogP contribution in [0.25, 0.3) is 11.0 Å². The second kappa shape index (κ2) is 6.86. The van der Waals surface area contributed by atoms with Crippen LogP contribution < -0.4 is 10.4 Å². The van der Waals surface area contributed by atoms with Crippen LogP contribution in [0.3, 0.4) is 0 Å². The molecule has 0 N–H and O–H groups in total. The van der Waals surface area contributed by atoms with Gasteiger partial charge in [-0.3, -0.25) is 4.79 Å². The van der Waals surface area contributed by atoms with Crippen LogP contribution in [0.1, 0.15) is 32.6 Å². The molecule has 23 heavy (non-hydrogen) atoms. The lowest BCUT2D eigenvalue weighted by Gasteiger charge is -2.35. The zero-order chi connectivity index (χ0) is 16.2. The fourth-order valence-electron chi connectivity index (χ4n) is 3.11. The van der Waals surface area contributed by atoms with Crippen LogP contribution in [0.2, 0.25) is 0 Å². The molecule has 5 nitrogen and oxygen atoms in total. The molecule has 0 saturated carbocycles. The number of ether oxygens (including phenoxy) is 1. The SMILES string of the molecule is CC[C@H]1CCCCN1C(=O)COc1ccc2ccc(=O)oc2c1. The molecule has 1 aliphatic rings. The molecule has 1 aromatic heterocycles. The number of hydrogen-bond acceptors (Lipinski definition) is 4. The van der Waals surface area contributed by atoms with Gasteiger partial charge in [-0.15, -0.1) is 0 Å². The first-order chi connectivity index (χ1) is 11.2. The van der Waals surface area contributed by atoms with Gasteiger partial charge in [-0.2, -0.15) is 0 Å². The number of nitrogens with zero attached hydrogens (tertiary/aromatic N) is 1. The molecular formula is C18H21NO4. The molecular weight excluding hydrogens is 294 g/mol. The molecule has 0 radical (unpaired) electrons. The van der Waals surface area contributed by atoms with Crippen LogP contribution in [0.4, 0.5) is 0 Å². The summed E-state index contributed by atoms with van der Waals surface area (Å²) in [6.45, 7) is 2.94. The quantitative estimate of drug-likeness (QED) is 0.814. The van der Waals surface area contributed by atoms with Crippen molar-refractivity contribution >= 4 is 16.9 Å². The van der Waals surface area contributed by atoms with Crippen molar-refractivity contribution in [3.63, 3.8) is 0 Å². The number of carbonyl (C=O) groups excluding carboxylic acids is 1. The number of piperidine rings is 1. The molecule has 0 bridgehead atoms. The van der Waals surface area contributed by atoms with Crippen LogP contribution in [0.5, 0.6) is 5.75 Å². The lowest BCUT2D eigenvalue weighted by atomic mass is 10.00. The third kappa shape index (κ3) is 3.55. The summed E-state index contributed by atoms with van der Waals surface area (Å²) >= 11 is 0. The monoisotopic (exact) mass is 315 g/mol. The number of hydrogen-bond donors (Lipinski definition) is 0. The molecule has 0 spiro atoms. The molecule has 0 aliphatic carbocycles. The van der Waals surface area contributed by atoms with Crippen LogP contribution in [-0.2, 0) is 4.79 Å². The minimum Gasteiger partial charge on any atom is -0.484 e. The van der Waals surface area contributed by atoms with Gasteiger partial charge in [-0.25, -0.2) is 4.79 Å². The number of carbonyl (C=O) groups is 1. The molecule has 1 amide bonds. The predicted molar refractivity (Wildman–Crippen MR) is 87.6 cm³/mol. The first-order valence-corrected chi connectivity index (χ1v) is 8.13. The van der Waals surface area contributed by atoms with Gasteiger partial charge in [0, 0.05) is 30.1 Å². The number of rotatable bonds is 4. The van der Waals surface area contributed by atoms with Gasteiger partial charge in [0.25, 0.3) is 5.91 Å². The van der Waals surface area contributed by atoms with Crippen molar-refractivity contribution in [3.8, 4) is 5.75 Å². The molecule has 1 atom stereocenters. The van der Waals surface area contributed by atoms with Crippen molar-refractivity contribution < 1.29 is 13.9 Å². The number of benzene rings is 1. The average molecular weight is 315 g/mol. The Morgan fingerprint density at radius 3 is 2.96 bits per heavy atom. The van der Waals surface area contributed by atoms with E-state index in [1.807, 2.05) is 11.0 Å². The van der Waals surface area contributed by atoms with Crippen LogP contribution in [0.15, 0.2) is 39.5 Å². The van der Waals surface area contributed by atoms with Crippen molar-refractivity contribution in [1.29, 1.82) is 0 Å². The Kier molecular flexibility index (Phi) is 4.65. The number of amides is 1. The van der Waals surface area contributed by atoms with E-state index in [1.165, 1.54) is 12.5 Å². The average Bonchev–Trinajstić information content (AvgIpc) is 2.59. The minimum absolute atomic E-state index is 0.0130. The van der Waals surface area contributed by atoms with E-state index < -0.39 is 5.63 Å². The van der Waals surface area contributed by atoms with Gasteiger partial charge in [0.15, 0.2) is 6.61 Å². The highest BCUT2D eigenvalue weighted by atomic mass is 16.5. The topological polar surface area (TPSA) is 59.8 Å². The van der Waals surface area contributed by atoms with Crippen molar-refractivity contribution in [2.24, 2.45) is 0 Å². The maximum Gasteiger partial charge on any atom is 0.336 e. The summed E-state index contributed by atoms with van der Waals surface area (Å²) in [6, 6.07) is 8.66. The zero-order valence-corrected chi connectivity index (χ0v) is 13.3. The van der Waals surface area contributed by atoms with E-state index in [1.54, 1.807) is 18.2 Å². The van der Waals surface area contributed by atoms with Crippen LogP contribution in [0, 0.1) is 0 Å². The van der Waals surface area contributed by atoms with Gasteiger partial charge in [-0.05, 0) is 43.9 Å². The predicted octanol–water partition coefficient (Wildman–Crippen LogP) is 2.96. The lowest BCUT2D eigenvalue weighted by molar-refractivity contribution is -0.137. The van der Waals surface area contributed by atoms with Crippen molar-refractivity contribution in [2.45, 2.75) is 38.6 Å². The molecule has 0 unspecified atom stereocenters. The Hall–Kier alpha value is -2.30. The Labute approximate surface area is 134 Å². The summed E-state index contributed by atoms with van der Waals surface area (Å²) < 4.78 is 10.7. The minimum atomic E-state index is -0.398. The van der Waals surface area contributed by atoms with E-state index in [0.717, 1.165) is 31.2 Å². The van der Waals surface area contributed by atoms with Crippen molar-refractivity contribution in [3.05, 3.63) is 40.8 Å². The van der Waals surface area contributed by atoms with E-state index in [2.05, 4.69) is 6.92 Å². The Bertz CT molecular complexity index is 752. The Balaban J connectivity index is 1.67. The fraction of sp³-hybridized carbons (Fsp3) is 0.444. The summed E-state index contributed by atoms with van der Waals surface area (Å²) in [7, 11) is 0. The van der Waals surface area contributed by atoms with Crippen LogP contribution >= 0.6 is 0 Å². The third-order valence-electron chi connectivity index (χ3n) is 4.38. The molecule has 2 aromatic rings. The zero-order valence-electron chi connectivity index (χ0n) is 13.3. The first kappa shape index (κ1) is 15.6. The van der Waals surface area contributed by atoms with Gasteiger partial charge >= 0.3 is 5.63 Å².